The van der Waals surface area contributed by atoms with E-state index in [9.17, 15) is 18.4 Å². The van der Waals surface area contributed by atoms with E-state index >= 15 is 0 Å². The molecule has 1 aromatic heterocycles. The van der Waals surface area contributed by atoms with Crippen molar-refractivity contribution in [3.63, 3.8) is 0 Å². The lowest BCUT2D eigenvalue weighted by Crippen LogP contribution is -2.04. The van der Waals surface area contributed by atoms with E-state index < -0.39 is 11.7 Å². The van der Waals surface area contributed by atoms with Gasteiger partial charge in [-0.3, -0.25) is 0 Å². The summed E-state index contributed by atoms with van der Waals surface area (Å²) in [6, 6.07) is 8.93. The molecule has 0 saturated carbocycles. The molecule has 0 fully saturated rings. The molecule has 0 radical (unpaired) electrons. The zero-order chi connectivity index (χ0) is 17.2. The Morgan fingerprint density at radius 1 is 1.22 bits per heavy atom. The lowest BCUT2D eigenvalue weighted by Gasteiger charge is -2.09. The zero-order valence-corrected chi connectivity index (χ0v) is 13.1. The van der Waals surface area contributed by atoms with Gasteiger partial charge in [-0.2, -0.15) is 18.4 Å². The fourth-order valence-electron chi connectivity index (χ4n) is 2.44. The van der Waals surface area contributed by atoms with Gasteiger partial charge in [0, 0.05) is 17.9 Å². The quantitative estimate of drug-likeness (QED) is 0.691. The number of aromatic nitrogens is 1. The van der Waals surface area contributed by atoms with Crippen LogP contribution >= 0.6 is 0 Å². The van der Waals surface area contributed by atoms with E-state index in [2.05, 4.69) is 24.5 Å². The maximum absolute atomic E-state index is 12.6. The van der Waals surface area contributed by atoms with Gasteiger partial charge in [-0.05, 0) is 56.2 Å². The van der Waals surface area contributed by atoms with Crippen molar-refractivity contribution in [3.8, 4) is 6.07 Å². The molecule has 5 heteroatoms. The van der Waals surface area contributed by atoms with E-state index in [4.69, 9.17) is 0 Å². The van der Waals surface area contributed by atoms with E-state index in [1.165, 1.54) is 12.1 Å². The maximum Gasteiger partial charge on any atom is 0.416 e. The lowest BCUT2D eigenvalue weighted by atomic mass is 10.0. The second kappa shape index (κ2) is 6.33. The number of nitriles is 1. The topological polar surface area (TPSA) is 28.7 Å². The Morgan fingerprint density at radius 2 is 1.83 bits per heavy atom. The van der Waals surface area contributed by atoms with Gasteiger partial charge in [0.25, 0.3) is 0 Å². The number of nitrogens with zero attached hydrogens (tertiary/aromatic N) is 2. The first-order chi connectivity index (χ1) is 10.7. The summed E-state index contributed by atoms with van der Waals surface area (Å²) in [4.78, 5) is 0. The van der Waals surface area contributed by atoms with Crippen molar-refractivity contribution in [2.75, 3.05) is 0 Å². The van der Waals surface area contributed by atoms with Crippen LogP contribution in [0.25, 0.3) is 11.6 Å². The van der Waals surface area contributed by atoms with Crippen molar-refractivity contribution < 1.29 is 13.2 Å². The Morgan fingerprint density at radius 3 is 2.26 bits per heavy atom. The van der Waals surface area contributed by atoms with Crippen LogP contribution in [-0.4, -0.2) is 4.57 Å². The minimum atomic E-state index is -4.37. The van der Waals surface area contributed by atoms with Crippen molar-refractivity contribution in [2.24, 2.45) is 0 Å². The minimum absolute atomic E-state index is 0.300. The summed E-state index contributed by atoms with van der Waals surface area (Å²) in [5.74, 6) is 0. The minimum Gasteiger partial charge on any atom is -0.349 e. The standard InChI is InChI=1S/C18H17F3N2/c1-12(2)23-11-14(8-13(23)3)9-16(10-22)15-4-6-17(7-5-15)18(19,20)21/h4-9,11-12H,1-3H3/b16-9+. The molecule has 0 aliphatic carbocycles. The third-order valence-electron chi connectivity index (χ3n) is 3.58. The molecule has 23 heavy (non-hydrogen) atoms. The monoisotopic (exact) mass is 318 g/mol. The molecule has 0 bridgehead atoms. The predicted octanol–water partition coefficient (Wildman–Crippen LogP) is 5.46. The fourth-order valence-corrected chi connectivity index (χ4v) is 2.44. The summed E-state index contributed by atoms with van der Waals surface area (Å²) in [7, 11) is 0. The van der Waals surface area contributed by atoms with Gasteiger partial charge in [0.1, 0.15) is 0 Å². The zero-order valence-electron chi connectivity index (χ0n) is 13.1. The van der Waals surface area contributed by atoms with Crippen LogP contribution in [0, 0.1) is 18.3 Å². The molecular weight excluding hydrogens is 301 g/mol. The van der Waals surface area contributed by atoms with Crippen LogP contribution in [0.15, 0.2) is 36.5 Å². The molecule has 0 saturated heterocycles. The smallest absolute Gasteiger partial charge is 0.349 e. The summed E-state index contributed by atoms with van der Waals surface area (Å²) in [6.07, 6.45) is -0.753. The molecule has 2 aromatic rings. The molecule has 0 N–H and O–H groups in total. The second-order valence-electron chi connectivity index (χ2n) is 5.66. The van der Waals surface area contributed by atoms with Crippen LogP contribution < -0.4 is 0 Å². The number of halogens is 3. The Bertz CT molecular complexity index is 757. The van der Waals surface area contributed by atoms with Gasteiger partial charge >= 0.3 is 6.18 Å². The SMILES string of the molecule is Cc1cc(/C=C(\C#N)c2ccc(C(F)(F)F)cc2)cn1C(C)C. The van der Waals surface area contributed by atoms with Gasteiger partial charge in [0.15, 0.2) is 0 Å². The van der Waals surface area contributed by atoms with Crippen LogP contribution in [0.5, 0.6) is 0 Å². The van der Waals surface area contributed by atoms with Gasteiger partial charge in [-0.15, -0.1) is 0 Å². The van der Waals surface area contributed by atoms with Crippen LogP contribution in [-0.2, 0) is 6.18 Å². The number of hydrogen-bond acceptors (Lipinski definition) is 1. The molecule has 2 nitrogen and oxygen atoms in total. The summed E-state index contributed by atoms with van der Waals surface area (Å²) in [5, 5.41) is 9.31. The Balaban J connectivity index is 2.36. The highest BCUT2D eigenvalue weighted by atomic mass is 19.4. The number of alkyl halides is 3. The number of rotatable bonds is 3. The number of benzene rings is 1. The summed E-state index contributed by atoms with van der Waals surface area (Å²) in [5.41, 5.74) is 2.00. The van der Waals surface area contributed by atoms with Crippen LogP contribution in [0.2, 0.25) is 0 Å². The van der Waals surface area contributed by atoms with Crippen molar-refractivity contribution >= 4 is 11.6 Å². The summed E-state index contributed by atoms with van der Waals surface area (Å²) < 4.78 is 39.8. The highest BCUT2D eigenvalue weighted by molar-refractivity contribution is 5.89. The van der Waals surface area contributed by atoms with E-state index in [0.717, 1.165) is 23.4 Å². The van der Waals surface area contributed by atoms with Crippen LogP contribution in [0.4, 0.5) is 13.2 Å². The molecule has 0 atom stereocenters. The van der Waals surface area contributed by atoms with Gasteiger partial charge in [-0.25, -0.2) is 0 Å². The van der Waals surface area contributed by atoms with E-state index in [0.29, 0.717) is 17.2 Å². The maximum atomic E-state index is 12.6. The van der Waals surface area contributed by atoms with Crippen molar-refractivity contribution in [3.05, 3.63) is 58.9 Å². The van der Waals surface area contributed by atoms with E-state index in [1.807, 2.05) is 19.2 Å². The summed E-state index contributed by atoms with van der Waals surface area (Å²) >= 11 is 0. The first-order valence-electron chi connectivity index (χ1n) is 7.20. The van der Waals surface area contributed by atoms with Crippen molar-refractivity contribution in [1.82, 2.24) is 4.57 Å². The largest absolute Gasteiger partial charge is 0.416 e. The third kappa shape index (κ3) is 3.84. The lowest BCUT2D eigenvalue weighted by molar-refractivity contribution is -0.137. The predicted molar refractivity (Wildman–Crippen MR) is 84.5 cm³/mol. The van der Waals surface area contributed by atoms with Gasteiger partial charge in [-0.1, -0.05) is 12.1 Å². The average molecular weight is 318 g/mol. The Kier molecular flexibility index (Phi) is 4.65. The van der Waals surface area contributed by atoms with Crippen LogP contribution in [0.3, 0.4) is 0 Å². The van der Waals surface area contributed by atoms with Gasteiger partial charge in [0.05, 0.1) is 17.2 Å². The summed E-state index contributed by atoms with van der Waals surface area (Å²) in [6.45, 7) is 6.09. The molecule has 0 spiro atoms. The molecule has 0 amide bonds. The third-order valence-corrected chi connectivity index (χ3v) is 3.58. The highest BCUT2D eigenvalue weighted by Crippen LogP contribution is 2.30. The fraction of sp³-hybridized carbons (Fsp3) is 0.278. The number of allylic oxidation sites excluding steroid dienone is 1. The molecule has 1 heterocycles. The van der Waals surface area contributed by atoms with Crippen molar-refractivity contribution in [1.29, 1.82) is 5.26 Å². The molecule has 1 aromatic carbocycles. The molecule has 120 valence electrons. The number of aryl methyl sites for hydroxylation is 1. The first-order valence-corrected chi connectivity index (χ1v) is 7.20. The highest BCUT2D eigenvalue weighted by Gasteiger charge is 2.30. The van der Waals surface area contributed by atoms with Gasteiger partial charge in [0.2, 0.25) is 0 Å². The van der Waals surface area contributed by atoms with E-state index in [1.54, 1.807) is 6.08 Å². The second-order valence-corrected chi connectivity index (χ2v) is 5.66. The Hall–Kier alpha value is -2.48. The number of hydrogen-bond donors (Lipinski definition) is 0. The molecule has 0 unspecified atom stereocenters. The molecule has 0 aliphatic rings. The average Bonchev–Trinajstić information content (AvgIpc) is 2.85. The Labute approximate surface area is 133 Å². The van der Waals surface area contributed by atoms with Crippen molar-refractivity contribution in [2.45, 2.75) is 33.0 Å². The van der Waals surface area contributed by atoms with E-state index in [-0.39, 0.29) is 0 Å². The molecule has 2 rings (SSSR count). The molecular formula is C18H17F3N2. The normalized spacial score (nSPS) is 12.5. The first kappa shape index (κ1) is 16.9. The van der Waals surface area contributed by atoms with Gasteiger partial charge < -0.3 is 4.57 Å². The van der Waals surface area contributed by atoms with Crippen LogP contribution in [0.1, 0.15) is 42.3 Å². The molecule has 0 aliphatic heterocycles.